The Bertz CT molecular complexity index is 559. The maximum Gasteiger partial charge on any atom is 0.221 e. The highest BCUT2D eigenvalue weighted by molar-refractivity contribution is 6.01. The third-order valence-corrected chi connectivity index (χ3v) is 2.96. The zero-order chi connectivity index (χ0) is 15.3. The molecule has 0 aliphatic heterocycles. The highest BCUT2D eigenvalue weighted by Crippen LogP contribution is 2.35. The number of allylic oxidation sites excluding steroid dienone is 1. The third kappa shape index (κ3) is 3.47. The number of hydrogen-bond donors (Lipinski definition) is 2. The van der Waals surface area contributed by atoms with Crippen molar-refractivity contribution in [3.63, 3.8) is 0 Å². The van der Waals surface area contributed by atoms with Crippen molar-refractivity contribution in [3.8, 4) is 5.75 Å². The fourth-order valence-electron chi connectivity index (χ4n) is 2.15. The smallest absolute Gasteiger partial charge is 0.221 e. The van der Waals surface area contributed by atoms with Crippen molar-refractivity contribution in [2.24, 2.45) is 0 Å². The van der Waals surface area contributed by atoms with Crippen LogP contribution in [0.25, 0.3) is 6.08 Å². The van der Waals surface area contributed by atoms with Crippen LogP contribution < -0.4 is 5.32 Å². The number of amides is 1. The number of rotatable bonds is 5. The molecule has 2 N–H and O–H groups in total. The van der Waals surface area contributed by atoms with E-state index < -0.39 is 0 Å². The lowest BCUT2D eigenvalue weighted by molar-refractivity contribution is -0.114. The van der Waals surface area contributed by atoms with E-state index in [1.807, 2.05) is 26.0 Å². The van der Waals surface area contributed by atoms with Gasteiger partial charge >= 0.3 is 0 Å². The summed E-state index contributed by atoms with van der Waals surface area (Å²) in [6.07, 6.45) is 5.04. The van der Waals surface area contributed by atoms with Gasteiger partial charge in [0.2, 0.25) is 5.91 Å². The molecular weight excluding hydrogens is 254 g/mol. The lowest BCUT2D eigenvalue weighted by atomic mass is 9.95. The van der Waals surface area contributed by atoms with Crippen molar-refractivity contribution in [1.82, 2.24) is 0 Å². The number of ketones is 1. The fourth-order valence-corrected chi connectivity index (χ4v) is 2.15. The summed E-state index contributed by atoms with van der Waals surface area (Å²) in [5.41, 5.74) is 2.22. The van der Waals surface area contributed by atoms with E-state index in [0.717, 1.165) is 12.0 Å². The quantitative estimate of drug-likeness (QED) is 0.808. The fraction of sp³-hybridized carbons (Fsp3) is 0.375. The second kappa shape index (κ2) is 6.89. The van der Waals surface area contributed by atoms with Crippen LogP contribution in [0, 0.1) is 0 Å². The van der Waals surface area contributed by atoms with Crippen molar-refractivity contribution in [2.75, 3.05) is 5.32 Å². The Labute approximate surface area is 119 Å². The lowest BCUT2D eigenvalue weighted by Gasteiger charge is -2.17. The van der Waals surface area contributed by atoms with Crippen LogP contribution >= 0.6 is 0 Å². The molecule has 4 heteroatoms. The Hall–Kier alpha value is -2.10. The largest absolute Gasteiger partial charge is 0.507 e. The van der Waals surface area contributed by atoms with Crippen LogP contribution in [0.15, 0.2) is 12.1 Å². The first kappa shape index (κ1) is 16.0. The number of carbonyl (C=O) groups excluding carboxylic acids is 2. The molecule has 0 atom stereocenters. The zero-order valence-electron chi connectivity index (χ0n) is 12.4. The summed E-state index contributed by atoms with van der Waals surface area (Å²) in [5.74, 6) is -0.431. The predicted molar refractivity (Wildman–Crippen MR) is 81.1 cm³/mol. The minimum atomic E-state index is -0.205. The molecule has 0 radical (unpaired) electrons. The van der Waals surface area contributed by atoms with Crippen LogP contribution in [-0.4, -0.2) is 16.8 Å². The highest BCUT2D eigenvalue weighted by Gasteiger charge is 2.19. The van der Waals surface area contributed by atoms with Gasteiger partial charge in [-0.3, -0.25) is 9.59 Å². The van der Waals surface area contributed by atoms with Gasteiger partial charge in [0, 0.05) is 12.5 Å². The van der Waals surface area contributed by atoms with Gasteiger partial charge in [-0.25, -0.2) is 0 Å². The molecule has 4 nitrogen and oxygen atoms in total. The summed E-state index contributed by atoms with van der Waals surface area (Å²) in [6, 6.07) is 1.61. The molecule has 0 unspecified atom stereocenters. The van der Waals surface area contributed by atoms with Gasteiger partial charge in [0.1, 0.15) is 5.75 Å². The topological polar surface area (TPSA) is 66.4 Å². The first-order valence-corrected chi connectivity index (χ1v) is 6.72. The number of phenols is 1. The Morgan fingerprint density at radius 2 is 2.00 bits per heavy atom. The summed E-state index contributed by atoms with van der Waals surface area (Å²) in [4.78, 5) is 23.0. The van der Waals surface area contributed by atoms with Gasteiger partial charge in [0.15, 0.2) is 5.78 Å². The van der Waals surface area contributed by atoms with Gasteiger partial charge in [-0.2, -0.15) is 0 Å². The summed E-state index contributed by atoms with van der Waals surface area (Å²) in [5, 5.41) is 13.0. The van der Waals surface area contributed by atoms with E-state index in [1.54, 1.807) is 6.07 Å². The van der Waals surface area contributed by atoms with E-state index in [9.17, 15) is 14.7 Å². The number of anilines is 1. The Kier molecular flexibility index (Phi) is 5.50. The zero-order valence-corrected chi connectivity index (χ0v) is 12.4. The molecule has 0 aliphatic carbocycles. The number of phenolic OH excluding ortho intramolecular Hbond substituents is 1. The van der Waals surface area contributed by atoms with Crippen LogP contribution in [-0.2, 0) is 11.2 Å². The molecule has 0 fully saturated rings. The maximum atomic E-state index is 11.6. The van der Waals surface area contributed by atoms with Crippen molar-refractivity contribution >= 4 is 23.5 Å². The lowest BCUT2D eigenvalue weighted by Crippen LogP contribution is -2.11. The Morgan fingerprint density at radius 3 is 2.45 bits per heavy atom. The first-order chi connectivity index (χ1) is 9.42. The van der Waals surface area contributed by atoms with Crippen LogP contribution in [0.4, 0.5) is 5.69 Å². The minimum absolute atomic E-state index is 0.0312. The number of Topliss-reactive ketones (excluding diaryl/α,β-unsaturated/α-hetero) is 1. The van der Waals surface area contributed by atoms with E-state index in [4.69, 9.17) is 0 Å². The second-order valence-corrected chi connectivity index (χ2v) is 4.70. The Balaban J connectivity index is 3.62. The molecule has 20 heavy (non-hydrogen) atoms. The third-order valence-electron chi connectivity index (χ3n) is 2.96. The van der Waals surface area contributed by atoms with Crippen molar-refractivity contribution in [3.05, 3.63) is 28.8 Å². The van der Waals surface area contributed by atoms with Crippen LogP contribution in [0.2, 0.25) is 0 Å². The van der Waals surface area contributed by atoms with Gasteiger partial charge in [0.25, 0.3) is 0 Å². The molecular formula is C16H21NO3. The van der Waals surface area contributed by atoms with Crippen LogP contribution in [0.5, 0.6) is 5.75 Å². The van der Waals surface area contributed by atoms with Gasteiger partial charge in [-0.15, -0.1) is 0 Å². The molecule has 1 amide bonds. The average molecular weight is 275 g/mol. The average Bonchev–Trinajstić information content (AvgIpc) is 2.36. The van der Waals surface area contributed by atoms with Gasteiger partial charge < -0.3 is 10.4 Å². The molecule has 1 rings (SSSR count). The SMILES string of the molecule is CC=Cc1cc(C(C)=O)c(O)c(CCC)c1NC(C)=O. The highest BCUT2D eigenvalue weighted by atomic mass is 16.3. The van der Waals surface area contributed by atoms with Crippen molar-refractivity contribution < 1.29 is 14.7 Å². The van der Waals surface area contributed by atoms with E-state index in [-0.39, 0.29) is 23.0 Å². The van der Waals surface area contributed by atoms with E-state index in [0.29, 0.717) is 17.7 Å². The standard InChI is InChI=1S/C16H21NO3/c1-5-7-12-9-14(10(3)18)16(20)13(8-6-2)15(12)17-11(4)19/h5,7,9,20H,6,8H2,1-4H3,(H,17,19). The number of nitrogens with one attached hydrogen (secondary N) is 1. The monoisotopic (exact) mass is 275 g/mol. The van der Waals surface area contributed by atoms with E-state index >= 15 is 0 Å². The van der Waals surface area contributed by atoms with E-state index in [1.165, 1.54) is 13.8 Å². The first-order valence-electron chi connectivity index (χ1n) is 6.72. The Morgan fingerprint density at radius 1 is 1.35 bits per heavy atom. The normalized spacial score (nSPS) is 10.8. The van der Waals surface area contributed by atoms with Crippen molar-refractivity contribution in [2.45, 2.75) is 40.5 Å². The molecule has 0 saturated heterocycles. The van der Waals surface area contributed by atoms with Gasteiger partial charge in [-0.1, -0.05) is 25.5 Å². The number of hydrogen-bond acceptors (Lipinski definition) is 3. The molecule has 0 bridgehead atoms. The predicted octanol–water partition coefficient (Wildman–Crippen LogP) is 3.54. The molecule has 1 aromatic rings. The number of benzene rings is 1. The summed E-state index contributed by atoms with van der Waals surface area (Å²) in [6.45, 7) is 6.68. The summed E-state index contributed by atoms with van der Waals surface area (Å²) >= 11 is 0. The molecule has 0 aliphatic rings. The van der Waals surface area contributed by atoms with Crippen LogP contribution in [0.1, 0.15) is 55.6 Å². The summed E-state index contributed by atoms with van der Waals surface area (Å²) in [7, 11) is 0. The minimum Gasteiger partial charge on any atom is -0.507 e. The van der Waals surface area contributed by atoms with E-state index in [2.05, 4.69) is 5.32 Å². The van der Waals surface area contributed by atoms with Crippen molar-refractivity contribution in [1.29, 1.82) is 0 Å². The molecule has 0 spiro atoms. The molecule has 0 aromatic heterocycles. The molecule has 0 heterocycles. The van der Waals surface area contributed by atoms with Crippen LogP contribution in [0.3, 0.4) is 0 Å². The molecule has 0 saturated carbocycles. The molecule has 1 aromatic carbocycles. The number of aromatic hydroxyl groups is 1. The van der Waals surface area contributed by atoms with Gasteiger partial charge in [-0.05, 0) is 31.9 Å². The second-order valence-electron chi connectivity index (χ2n) is 4.70. The number of carbonyl (C=O) groups is 2. The summed E-state index contributed by atoms with van der Waals surface area (Å²) < 4.78 is 0. The van der Waals surface area contributed by atoms with Gasteiger partial charge in [0.05, 0.1) is 11.3 Å². The molecule has 108 valence electrons. The maximum absolute atomic E-state index is 11.6.